The van der Waals surface area contributed by atoms with Crippen LogP contribution in [-0.2, 0) is 0 Å². The fraction of sp³-hybridized carbons (Fsp3) is 0. The van der Waals surface area contributed by atoms with Gasteiger partial charge in [-0.2, -0.15) is 0 Å². The number of benzene rings is 7. The van der Waals surface area contributed by atoms with Crippen LogP contribution in [0.25, 0.3) is 32.9 Å². The molecular formula is C42H27BN4. The number of hydrogen-bond acceptors (Lipinski definition) is 4. The standard InChI is InChI=1S/C42H27BN4/c1-3-16-33(17-4-1)46-37-24-30-14-9-7-12-28(30)22-35(37)43-36-23-29-13-8-10-15-31(29)25-38(36)47(34-18-5-2-6-19-34)40-27-32(26-39(46)41(40)43)42-44-20-11-21-45-42/h1-27H. The molecule has 0 spiro atoms. The maximum atomic E-state index is 4.73. The SMILES string of the molecule is c1ccc(N2c3cc4ccccc4cc3B3c4cc5ccccc5cc4N(c4ccccc4)c4cc(-c5ncccn5)cc2c43)cc1. The lowest BCUT2D eigenvalue weighted by Gasteiger charge is -2.44. The normalized spacial score (nSPS) is 13.0. The van der Waals surface area contributed by atoms with Crippen LogP contribution in [0.1, 0.15) is 0 Å². The molecular weight excluding hydrogens is 571 g/mol. The van der Waals surface area contributed by atoms with Crippen molar-refractivity contribution in [3.05, 3.63) is 164 Å². The fourth-order valence-electron chi connectivity index (χ4n) is 7.66. The van der Waals surface area contributed by atoms with E-state index in [1.54, 1.807) is 0 Å². The molecule has 4 nitrogen and oxygen atoms in total. The molecule has 2 aliphatic heterocycles. The van der Waals surface area contributed by atoms with Gasteiger partial charge in [0.1, 0.15) is 0 Å². The third kappa shape index (κ3) is 3.96. The molecule has 10 rings (SSSR count). The lowest BCUT2D eigenvalue weighted by Crippen LogP contribution is -2.61. The van der Waals surface area contributed by atoms with Crippen molar-refractivity contribution in [3.8, 4) is 11.4 Å². The van der Waals surface area contributed by atoms with Crippen LogP contribution < -0.4 is 26.2 Å². The van der Waals surface area contributed by atoms with E-state index in [4.69, 9.17) is 9.97 Å². The third-order valence-corrected chi connectivity index (χ3v) is 9.65. The van der Waals surface area contributed by atoms with Gasteiger partial charge in [-0.3, -0.25) is 0 Å². The molecule has 5 heteroatoms. The molecule has 0 radical (unpaired) electrons. The highest BCUT2D eigenvalue weighted by Crippen LogP contribution is 2.46. The molecule has 218 valence electrons. The third-order valence-electron chi connectivity index (χ3n) is 9.65. The predicted molar refractivity (Wildman–Crippen MR) is 197 cm³/mol. The van der Waals surface area contributed by atoms with Gasteiger partial charge in [0.05, 0.1) is 0 Å². The van der Waals surface area contributed by atoms with Crippen molar-refractivity contribution in [3.63, 3.8) is 0 Å². The minimum absolute atomic E-state index is 0.0184. The van der Waals surface area contributed by atoms with E-state index in [2.05, 4.69) is 155 Å². The lowest BCUT2D eigenvalue weighted by atomic mass is 9.33. The van der Waals surface area contributed by atoms with E-state index in [0.29, 0.717) is 5.82 Å². The van der Waals surface area contributed by atoms with Crippen LogP contribution in [-0.4, -0.2) is 16.7 Å². The topological polar surface area (TPSA) is 32.3 Å². The van der Waals surface area contributed by atoms with E-state index in [0.717, 1.165) is 28.3 Å². The zero-order valence-electron chi connectivity index (χ0n) is 25.5. The van der Waals surface area contributed by atoms with Crippen LogP contribution in [0.5, 0.6) is 0 Å². The Morgan fingerprint density at radius 1 is 0.404 bits per heavy atom. The maximum Gasteiger partial charge on any atom is 0.252 e. The van der Waals surface area contributed by atoms with Gasteiger partial charge in [0, 0.05) is 52.1 Å². The van der Waals surface area contributed by atoms with Gasteiger partial charge in [-0.25, -0.2) is 9.97 Å². The van der Waals surface area contributed by atoms with Crippen LogP contribution in [0, 0.1) is 0 Å². The summed E-state index contributed by atoms with van der Waals surface area (Å²) in [6.45, 7) is 0.0184. The van der Waals surface area contributed by atoms with E-state index in [1.807, 2.05) is 18.5 Å². The first-order valence-electron chi connectivity index (χ1n) is 16.0. The molecule has 47 heavy (non-hydrogen) atoms. The highest BCUT2D eigenvalue weighted by molar-refractivity contribution is 7.00. The van der Waals surface area contributed by atoms with Crippen molar-refractivity contribution in [2.24, 2.45) is 0 Å². The molecule has 0 saturated heterocycles. The number of anilines is 6. The number of aromatic nitrogens is 2. The van der Waals surface area contributed by atoms with Gasteiger partial charge in [-0.15, -0.1) is 0 Å². The smallest absolute Gasteiger partial charge is 0.252 e. The fourth-order valence-corrected chi connectivity index (χ4v) is 7.66. The van der Waals surface area contributed by atoms with Crippen LogP contribution >= 0.6 is 0 Å². The maximum absolute atomic E-state index is 4.73. The molecule has 0 unspecified atom stereocenters. The lowest BCUT2D eigenvalue weighted by molar-refractivity contribution is 1.17. The first-order valence-corrected chi connectivity index (χ1v) is 16.0. The zero-order chi connectivity index (χ0) is 30.9. The average Bonchev–Trinajstić information content (AvgIpc) is 3.14. The summed E-state index contributed by atoms with van der Waals surface area (Å²) in [5, 5.41) is 4.93. The van der Waals surface area contributed by atoms with Gasteiger partial charge in [-0.05, 0) is 92.5 Å². The van der Waals surface area contributed by atoms with Crippen molar-refractivity contribution in [1.29, 1.82) is 0 Å². The molecule has 0 saturated carbocycles. The number of para-hydroxylation sites is 2. The molecule has 7 aromatic carbocycles. The Hall–Kier alpha value is -6.20. The molecule has 0 N–H and O–H groups in total. The Labute approximate surface area is 273 Å². The van der Waals surface area contributed by atoms with E-state index in [-0.39, 0.29) is 6.71 Å². The Balaban J connectivity index is 1.39. The second-order valence-electron chi connectivity index (χ2n) is 12.3. The highest BCUT2D eigenvalue weighted by Gasteiger charge is 2.44. The van der Waals surface area contributed by atoms with Gasteiger partial charge in [-0.1, -0.05) is 97.1 Å². The van der Waals surface area contributed by atoms with Crippen LogP contribution in [0.2, 0.25) is 0 Å². The minimum Gasteiger partial charge on any atom is -0.311 e. The molecule has 2 aliphatic rings. The summed E-state index contributed by atoms with van der Waals surface area (Å²) >= 11 is 0. The van der Waals surface area contributed by atoms with Crippen LogP contribution in [0.4, 0.5) is 34.1 Å². The number of fused-ring (bicyclic) bond motifs is 6. The second-order valence-corrected chi connectivity index (χ2v) is 12.3. The number of hydrogen-bond donors (Lipinski definition) is 0. The number of rotatable bonds is 3. The Kier molecular flexibility index (Phi) is 5.63. The molecule has 1 aromatic heterocycles. The minimum atomic E-state index is 0.0184. The molecule has 0 aliphatic carbocycles. The van der Waals surface area contributed by atoms with Crippen molar-refractivity contribution < 1.29 is 0 Å². The average molecular weight is 599 g/mol. The Morgan fingerprint density at radius 3 is 1.30 bits per heavy atom. The van der Waals surface area contributed by atoms with Gasteiger partial charge in [0.15, 0.2) is 5.82 Å². The predicted octanol–water partition coefficient (Wildman–Crippen LogP) is 8.53. The summed E-state index contributed by atoms with van der Waals surface area (Å²) in [4.78, 5) is 14.3. The molecule has 8 aromatic rings. The van der Waals surface area contributed by atoms with Crippen molar-refractivity contribution >= 4 is 78.8 Å². The summed E-state index contributed by atoms with van der Waals surface area (Å²) in [7, 11) is 0. The van der Waals surface area contributed by atoms with Gasteiger partial charge in [0.25, 0.3) is 6.71 Å². The number of nitrogens with zero attached hydrogens (tertiary/aromatic N) is 4. The molecule has 0 amide bonds. The molecule has 0 bridgehead atoms. The van der Waals surface area contributed by atoms with Crippen LogP contribution in [0.15, 0.2) is 164 Å². The first kappa shape index (κ1) is 26.1. The van der Waals surface area contributed by atoms with E-state index in [9.17, 15) is 0 Å². The summed E-state index contributed by atoms with van der Waals surface area (Å²) < 4.78 is 0. The largest absolute Gasteiger partial charge is 0.311 e. The first-order chi connectivity index (χ1) is 23.3. The zero-order valence-corrected chi connectivity index (χ0v) is 25.5. The summed E-state index contributed by atoms with van der Waals surface area (Å²) in [6.07, 6.45) is 3.64. The monoisotopic (exact) mass is 598 g/mol. The van der Waals surface area contributed by atoms with E-state index in [1.165, 1.54) is 49.3 Å². The van der Waals surface area contributed by atoms with Gasteiger partial charge < -0.3 is 9.80 Å². The second kappa shape index (κ2) is 10.2. The molecule has 3 heterocycles. The summed E-state index contributed by atoms with van der Waals surface area (Å²) in [5.74, 6) is 0.706. The summed E-state index contributed by atoms with van der Waals surface area (Å²) in [6, 6.07) is 54.9. The van der Waals surface area contributed by atoms with E-state index < -0.39 is 0 Å². The van der Waals surface area contributed by atoms with Crippen molar-refractivity contribution in [1.82, 2.24) is 9.97 Å². The van der Waals surface area contributed by atoms with Crippen molar-refractivity contribution in [2.45, 2.75) is 0 Å². The summed E-state index contributed by atoms with van der Waals surface area (Å²) in [5.41, 5.74) is 11.8. The van der Waals surface area contributed by atoms with Gasteiger partial charge >= 0.3 is 0 Å². The van der Waals surface area contributed by atoms with Crippen molar-refractivity contribution in [2.75, 3.05) is 9.80 Å². The van der Waals surface area contributed by atoms with Crippen LogP contribution in [0.3, 0.4) is 0 Å². The van der Waals surface area contributed by atoms with E-state index >= 15 is 0 Å². The quantitative estimate of drug-likeness (QED) is 0.191. The Morgan fingerprint density at radius 2 is 0.830 bits per heavy atom. The molecule has 0 fully saturated rings. The van der Waals surface area contributed by atoms with Gasteiger partial charge in [0.2, 0.25) is 0 Å². The molecule has 0 atom stereocenters. The Bertz CT molecular complexity index is 2330. The highest BCUT2D eigenvalue weighted by atomic mass is 15.2.